The van der Waals surface area contributed by atoms with Crippen molar-refractivity contribution in [1.29, 1.82) is 0 Å². The third-order valence-electron chi connectivity index (χ3n) is 2.74. The molecule has 0 saturated carbocycles. The Kier molecular flexibility index (Phi) is 5.64. The van der Waals surface area contributed by atoms with E-state index in [1.54, 1.807) is 18.7 Å². The van der Waals surface area contributed by atoms with Gasteiger partial charge in [-0.3, -0.25) is 0 Å². The van der Waals surface area contributed by atoms with Gasteiger partial charge in [0.25, 0.3) is 0 Å². The highest BCUT2D eigenvalue weighted by molar-refractivity contribution is 8.01. The fourth-order valence-corrected chi connectivity index (χ4v) is 3.76. The summed E-state index contributed by atoms with van der Waals surface area (Å²) in [5, 5.41) is 8.98. The van der Waals surface area contributed by atoms with Gasteiger partial charge in [0.05, 0.1) is 12.3 Å². The number of aromatic nitrogens is 1. The first-order valence-corrected chi connectivity index (χ1v) is 8.39. The molecule has 0 saturated heterocycles. The Morgan fingerprint density at radius 3 is 2.90 bits per heavy atom. The Balaban J connectivity index is 1.72. The van der Waals surface area contributed by atoms with Gasteiger partial charge in [-0.2, -0.15) is 0 Å². The van der Waals surface area contributed by atoms with Gasteiger partial charge in [0.1, 0.15) is 10.6 Å². The number of hydrogen-bond donors (Lipinski definition) is 1. The minimum absolute atomic E-state index is 0.327. The molecule has 6 heteroatoms. The van der Waals surface area contributed by atoms with Crippen molar-refractivity contribution in [3.05, 3.63) is 40.4 Å². The number of nitrogens with zero attached hydrogens (tertiary/aromatic N) is 1. The number of benzene rings is 1. The molecule has 1 N–H and O–H groups in total. The first-order valence-electron chi connectivity index (χ1n) is 6.59. The lowest BCUT2D eigenvalue weighted by Crippen LogP contribution is -1.98. The summed E-state index contributed by atoms with van der Waals surface area (Å²) in [5.41, 5.74) is 1.77. The maximum Gasteiger partial charge on any atom is 0.347 e. The van der Waals surface area contributed by atoms with Crippen LogP contribution in [0.4, 0.5) is 0 Å². The largest absolute Gasteiger partial charge is 0.494 e. The summed E-state index contributed by atoms with van der Waals surface area (Å²) < 4.78 is 6.47. The van der Waals surface area contributed by atoms with E-state index < -0.39 is 5.97 Å². The van der Waals surface area contributed by atoms with Crippen LogP contribution >= 0.6 is 23.1 Å². The molecule has 4 nitrogen and oxygen atoms in total. The molecule has 0 spiro atoms. The van der Waals surface area contributed by atoms with Crippen LogP contribution in [0.5, 0.6) is 5.75 Å². The van der Waals surface area contributed by atoms with Crippen LogP contribution in [0.3, 0.4) is 0 Å². The molecule has 0 unspecified atom stereocenters. The molecular formula is C15H17NO3S2. The molecule has 2 rings (SSSR count). The lowest BCUT2D eigenvalue weighted by molar-refractivity contribution is 0.0701. The van der Waals surface area contributed by atoms with Gasteiger partial charge in [0.15, 0.2) is 4.34 Å². The van der Waals surface area contributed by atoms with Crippen LogP contribution in [0, 0.1) is 13.8 Å². The second-order valence-electron chi connectivity index (χ2n) is 4.57. The highest BCUT2D eigenvalue weighted by atomic mass is 32.2. The summed E-state index contributed by atoms with van der Waals surface area (Å²) in [6.45, 7) is 4.41. The number of aromatic carboxylic acids is 1. The van der Waals surface area contributed by atoms with E-state index in [-0.39, 0.29) is 0 Å². The fourth-order valence-electron chi connectivity index (χ4n) is 1.75. The van der Waals surface area contributed by atoms with E-state index in [2.05, 4.69) is 4.98 Å². The Labute approximate surface area is 132 Å². The third kappa shape index (κ3) is 4.75. The summed E-state index contributed by atoms with van der Waals surface area (Å²) in [4.78, 5) is 15.5. The van der Waals surface area contributed by atoms with Crippen LogP contribution in [0.1, 0.15) is 27.3 Å². The first kappa shape index (κ1) is 15.9. The van der Waals surface area contributed by atoms with Gasteiger partial charge < -0.3 is 9.84 Å². The van der Waals surface area contributed by atoms with Crippen molar-refractivity contribution in [2.75, 3.05) is 12.4 Å². The number of ether oxygens (including phenoxy) is 1. The van der Waals surface area contributed by atoms with Crippen molar-refractivity contribution >= 4 is 29.1 Å². The smallest absolute Gasteiger partial charge is 0.347 e. The second kappa shape index (κ2) is 7.47. The zero-order valence-corrected chi connectivity index (χ0v) is 13.6. The van der Waals surface area contributed by atoms with Crippen molar-refractivity contribution in [2.45, 2.75) is 24.6 Å². The molecule has 0 aliphatic carbocycles. The number of hydrogen-bond acceptors (Lipinski definition) is 5. The van der Waals surface area contributed by atoms with Crippen LogP contribution in [0.2, 0.25) is 0 Å². The molecule has 2 aromatic rings. The quantitative estimate of drug-likeness (QED) is 0.616. The van der Waals surface area contributed by atoms with Crippen molar-refractivity contribution in [3.8, 4) is 5.75 Å². The summed E-state index contributed by atoms with van der Waals surface area (Å²) >= 11 is 2.81. The SMILES string of the molecule is Cc1cccc(OCCCSc2nc(C)c(C(=O)O)s2)c1. The minimum atomic E-state index is -0.903. The molecule has 0 aliphatic heterocycles. The molecule has 1 heterocycles. The number of thioether (sulfide) groups is 1. The summed E-state index contributed by atoms with van der Waals surface area (Å²) in [6.07, 6.45) is 0.889. The second-order valence-corrected chi connectivity index (χ2v) is 6.91. The topological polar surface area (TPSA) is 59.4 Å². The lowest BCUT2D eigenvalue weighted by atomic mass is 10.2. The van der Waals surface area contributed by atoms with Gasteiger partial charge >= 0.3 is 5.97 Å². The highest BCUT2D eigenvalue weighted by Crippen LogP contribution is 2.27. The monoisotopic (exact) mass is 323 g/mol. The fraction of sp³-hybridized carbons (Fsp3) is 0.333. The molecule has 0 amide bonds. The molecule has 112 valence electrons. The van der Waals surface area contributed by atoms with Gasteiger partial charge in [-0.05, 0) is 38.0 Å². The van der Waals surface area contributed by atoms with Crippen molar-refractivity contribution in [1.82, 2.24) is 4.98 Å². The Morgan fingerprint density at radius 2 is 2.24 bits per heavy atom. The zero-order chi connectivity index (χ0) is 15.2. The van der Waals surface area contributed by atoms with E-state index in [1.807, 2.05) is 31.2 Å². The van der Waals surface area contributed by atoms with E-state index in [9.17, 15) is 4.79 Å². The van der Waals surface area contributed by atoms with Gasteiger partial charge in [-0.1, -0.05) is 23.9 Å². The minimum Gasteiger partial charge on any atom is -0.494 e. The number of carboxylic acids is 1. The van der Waals surface area contributed by atoms with Crippen LogP contribution in [0.15, 0.2) is 28.6 Å². The maximum absolute atomic E-state index is 10.9. The molecule has 1 aromatic carbocycles. The first-order chi connectivity index (χ1) is 10.1. The highest BCUT2D eigenvalue weighted by Gasteiger charge is 2.13. The predicted molar refractivity (Wildman–Crippen MR) is 85.8 cm³/mol. The van der Waals surface area contributed by atoms with Gasteiger partial charge in [-0.25, -0.2) is 9.78 Å². The zero-order valence-electron chi connectivity index (χ0n) is 12.0. The molecule has 0 bridgehead atoms. The standard InChI is InChI=1S/C15H17NO3S2/c1-10-5-3-6-12(9-10)19-7-4-8-20-15-16-11(2)13(21-15)14(17)18/h3,5-6,9H,4,7-8H2,1-2H3,(H,17,18). The third-order valence-corrected chi connectivity index (χ3v) is 5.12. The molecule has 0 atom stereocenters. The Morgan fingerprint density at radius 1 is 1.43 bits per heavy atom. The van der Waals surface area contributed by atoms with Crippen molar-refractivity contribution < 1.29 is 14.6 Å². The molecule has 0 aliphatic rings. The predicted octanol–water partition coefficient (Wildman–Crippen LogP) is 4.02. The van der Waals surface area contributed by atoms with E-state index >= 15 is 0 Å². The van der Waals surface area contributed by atoms with Crippen LogP contribution in [0.25, 0.3) is 0 Å². The van der Waals surface area contributed by atoms with Crippen LogP contribution in [-0.4, -0.2) is 28.4 Å². The average molecular weight is 323 g/mol. The average Bonchev–Trinajstić information content (AvgIpc) is 2.80. The number of aryl methyl sites for hydroxylation is 2. The van der Waals surface area contributed by atoms with Gasteiger partial charge in [0, 0.05) is 5.75 Å². The van der Waals surface area contributed by atoms with E-state index in [0.717, 1.165) is 22.3 Å². The molecule has 1 aromatic heterocycles. The van der Waals surface area contributed by atoms with Gasteiger partial charge in [0.2, 0.25) is 0 Å². The summed E-state index contributed by atoms with van der Waals surface area (Å²) in [7, 11) is 0. The van der Waals surface area contributed by atoms with E-state index in [0.29, 0.717) is 17.2 Å². The molecule has 0 fully saturated rings. The Bertz CT molecular complexity index is 625. The van der Waals surface area contributed by atoms with E-state index in [4.69, 9.17) is 9.84 Å². The molecule has 21 heavy (non-hydrogen) atoms. The van der Waals surface area contributed by atoms with E-state index in [1.165, 1.54) is 16.9 Å². The number of rotatable bonds is 7. The number of carboxylic acid groups (broad SMARTS) is 1. The van der Waals surface area contributed by atoms with Crippen LogP contribution in [-0.2, 0) is 0 Å². The lowest BCUT2D eigenvalue weighted by Gasteiger charge is -2.05. The molecule has 0 radical (unpaired) electrons. The summed E-state index contributed by atoms with van der Waals surface area (Å²) in [6, 6.07) is 7.97. The van der Waals surface area contributed by atoms with Crippen LogP contribution < -0.4 is 4.74 Å². The van der Waals surface area contributed by atoms with Crippen molar-refractivity contribution in [3.63, 3.8) is 0 Å². The summed E-state index contributed by atoms with van der Waals surface area (Å²) in [5.74, 6) is 0.843. The number of thiazole rings is 1. The normalized spacial score (nSPS) is 10.6. The molecular weight excluding hydrogens is 306 g/mol. The van der Waals surface area contributed by atoms with Crippen molar-refractivity contribution in [2.24, 2.45) is 0 Å². The van der Waals surface area contributed by atoms with Gasteiger partial charge in [-0.15, -0.1) is 11.3 Å². The Hall–Kier alpha value is -1.53. The maximum atomic E-state index is 10.9. The number of carbonyl (C=O) groups is 1.